The molecule has 1 atom stereocenters. The monoisotopic (exact) mass is 283 g/mol. The molecule has 0 bridgehead atoms. The van der Waals surface area contributed by atoms with Gasteiger partial charge in [0.15, 0.2) is 0 Å². The summed E-state index contributed by atoms with van der Waals surface area (Å²) < 4.78 is 14.6. The Balaban J connectivity index is 3.03. The Labute approximate surface area is 114 Å². The number of carbonyl (C=O) groups is 2. The molecule has 0 aliphatic carbocycles. The second kappa shape index (κ2) is 7.19. The highest BCUT2D eigenvalue weighted by Gasteiger charge is 2.25. The van der Waals surface area contributed by atoms with Crippen molar-refractivity contribution in [2.45, 2.75) is 13.2 Å². The van der Waals surface area contributed by atoms with Gasteiger partial charge in [-0.25, -0.2) is 4.79 Å². The Morgan fingerprint density at radius 3 is 2.70 bits per heavy atom. The van der Waals surface area contributed by atoms with E-state index in [2.05, 4.69) is 0 Å². The average Bonchev–Trinajstić information content (AvgIpc) is 2.44. The van der Waals surface area contributed by atoms with Crippen LogP contribution in [0.5, 0.6) is 5.75 Å². The van der Waals surface area contributed by atoms with Crippen LogP contribution in [0, 0.1) is 10.1 Å². The van der Waals surface area contributed by atoms with Crippen LogP contribution in [0.15, 0.2) is 18.2 Å². The molecule has 0 heterocycles. The van der Waals surface area contributed by atoms with Crippen molar-refractivity contribution in [2.75, 3.05) is 13.7 Å². The topological polar surface area (TPSA) is 105 Å². The van der Waals surface area contributed by atoms with E-state index in [0.717, 1.165) is 6.07 Å². The molecule has 1 unspecified atom stereocenters. The van der Waals surface area contributed by atoms with Crippen molar-refractivity contribution in [3.05, 3.63) is 33.9 Å². The van der Waals surface area contributed by atoms with Gasteiger partial charge < -0.3 is 14.2 Å². The van der Waals surface area contributed by atoms with Crippen LogP contribution in [0.2, 0.25) is 0 Å². The summed E-state index contributed by atoms with van der Waals surface area (Å²) in [6.07, 6.45) is -0.952. The number of hydrogen-bond donors (Lipinski definition) is 0. The first-order valence-electron chi connectivity index (χ1n) is 5.63. The van der Waals surface area contributed by atoms with Gasteiger partial charge in [-0.2, -0.15) is 0 Å². The second-order valence-corrected chi connectivity index (χ2v) is 3.54. The minimum Gasteiger partial charge on any atom is -0.461 e. The van der Waals surface area contributed by atoms with Gasteiger partial charge in [-0.1, -0.05) is 0 Å². The Morgan fingerprint density at radius 1 is 1.50 bits per heavy atom. The molecular weight excluding hydrogens is 270 g/mol. The van der Waals surface area contributed by atoms with E-state index in [9.17, 15) is 19.7 Å². The molecule has 20 heavy (non-hydrogen) atoms. The van der Waals surface area contributed by atoms with Crippen LogP contribution in [0.25, 0.3) is 0 Å². The molecule has 8 heteroatoms. The van der Waals surface area contributed by atoms with Crippen molar-refractivity contribution in [3.8, 4) is 5.75 Å². The van der Waals surface area contributed by atoms with Gasteiger partial charge >= 0.3 is 11.7 Å². The van der Waals surface area contributed by atoms with Crippen molar-refractivity contribution < 1.29 is 28.7 Å². The highest BCUT2D eigenvalue weighted by molar-refractivity contribution is 5.77. The Bertz CT molecular complexity index is 515. The van der Waals surface area contributed by atoms with Crippen molar-refractivity contribution in [2.24, 2.45) is 0 Å². The molecule has 8 nitrogen and oxygen atoms in total. The highest BCUT2D eigenvalue weighted by Crippen LogP contribution is 2.28. The molecule has 0 aromatic heterocycles. The fourth-order valence-electron chi connectivity index (χ4n) is 1.37. The third kappa shape index (κ3) is 3.75. The number of nitro benzene ring substituents is 1. The second-order valence-electron chi connectivity index (χ2n) is 3.54. The van der Waals surface area contributed by atoms with Crippen molar-refractivity contribution in [1.82, 2.24) is 0 Å². The van der Waals surface area contributed by atoms with E-state index in [4.69, 9.17) is 14.2 Å². The molecule has 1 rings (SSSR count). The van der Waals surface area contributed by atoms with Crippen LogP contribution >= 0.6 is 0 Å². The first-order valence-corrected chi connectivity index (χ1v) is 5.63. The smallest absolute Gasteiger partial charge is 0.376 e. The third-order valence-electron chi connectivity index (χ3n) is 2.24. The maximum atomic E-state index is 11.5. The molecule has 108 valence electrons. The fourth-order valence-corrected chi connectivity index (χ4v) is 1.37. The first-order chi connectivity index (χ1) is 9.53. The van der Waals surface area contributed by atoms with Crippen LogP contribution in [0.3, 0.4) is 0 Å². The minimum atomic E-state index is -1.42. The number of methoxy groups -OCH3 is 1. The quantitative estimate of drug-likeness (QED) is 0.244. The Kier molecular flexibility index (Phi) is 5.60. The molecular formula is C12H13NO7. The molecule has 1 aromatic rings. The van der Waals surface area contributed by atoms with Gasteiger partial charge in [-0.15, -0.1) is 0 Å². The molecule has 0 amide bonds. The highest BCUT2D eigenvalue weighted by atomic mass is 16.7. The number of carbonyl (C=O) groups excluding carboxylic acids is 2. The molecule has 0 N–H and O–H groups in total. The molecule has 0 aliphatic heterocycles. The minimum absolute atomic E-state index is 0.119. The van der Waals surface area contributed by atoms with E-state index in [1.54, 1.807) is 6.92 Å². The summed E-state index contributed by atoms with van der Waals surface area (Å²) in [7, 11) is 1.20. The van der Waals surface area contributed by atoms with E-state index < -0.39 is 22.9 Å². The molecule has 0 saturated carbocycles. The van der Waals surface area contributed by atoms with Gasteiger partial charge in [0.05, 0.1) is 11.5 Å². The zero-order valence-electron chi connectivity index (χ0n) is 10.9. The fraction of sp³-hybridized carbons (Fsp3) is 0.333. The van der Waals surface area contributed by atoms with Gasteiger partial charge in [0.1, 0.15) is 6.29 Å². The molecule has 0 radical (unpaired) electrons. The van der Waals surface area contributed by atoms with E-state index >= 15 is 0 Å². The summed E-state index contributed by atoms with van der Waals surface area (Å²) in [5, 5.41) is 10.9. The van der Waals surface area contributed by atoms with Crippen molar-refractivity contribution in [1.29, 1.82) is 0 Å². The first kappa shape index (κ1) is 15.6. The standard InChI is InChI=1S/C12H13NO7/c1-3-19-11(15)12(18-2)20-10-5-4-8(7-14)6-9(10)13(16)17/h4-7,12H,3H2,1-2H3. The zero-order chi connectivity index (χ0) is 15.1. The number of hydrogen-bond acceptors (Lipinski definition) is 7. The molecule has 1 aromatic carbocycles. The lowest BCUT2D eigenvalue weighted by Gasteiger charge is -2.15. The van der Waals surface area contributed by atoms with Gasteiger partial charge in [-0.3, -0.25) is 14.9 Å². The van der Waals surface area contributed by atoms with E-state index in [0.29, 0.717) is 6.29 Å². The van der Waals surface area contributed by atoms with Gasteiger partial charge in [-0.05, 0) is 19.1 Å². The number of nitrogens with zero attached hydrogens (tertiary/aromatic N) is 1. The molecule has 0 aliphatic rings. The average molecular weight is 283 g/mol. The van der Waals surface area contributed by atoms with Gasteiger partial charge in [0.2, 0.25) is 5.75 Å². The van der Waals surface area contributed by atoms with Crippen molar-refractivity contribution >= 4 is 17.9 Å². The maximum absolute atomic E-state index is 11.5. The van der Waals surface area contributed by atoms with E-state index in [1.807, 2.05) is 0 Å². The van der Waals surface area contributed by atoms with Crippen molar-refractivity contribution in [3.63, 3.8) is 0 Å². The predicted octanol–water partition coefficient (Wildman–Crippen LogP) is 1.32. The molecule has 0 spiro atoms. The summed E-state index contributed by atoms with van der Waals surface area (Å²) in [5.41, 5.74) is -0.324. The Hall–Kier alpha value is -2.48. The summed E-state index contributed by atoms with van der Waals surface area (Å²) in [6, 6.07) is 3.58. The third-order valence-corrected chi connectivity index (χ3v) is 2.24. The largest absolute Gasteiger partial charge is 0.461 e. The summed E-state index contributed by atoms with van der Waals surface area (Å²) >= 11 is 0. The molecule has 0 fully saturated rings. The van der Waals surface area contributed by atoms with Crippen LogP contribution in [-0.4, -0.2) is 37.2 Å². The number of esters is 1. The van der Waals surface area contributed by atoms with E-state index in [1.165, 1.54) is 19.2 Å². The Morgan fingerprint density at radius 2 is 2.20 bits per heavy atom. The van der Waals surface area contributed by atoms with Crippen LogP contribution in [-0.2, 0) is 14.3 Å². The van der Waals surface area contributed by atoms with Crippen LogP contribution < -0.4 is 4.74 Å². The normalized spacial score (nSPS) is 11.5. The van der Waals surface area contributed by atoms with Crippen LogP contribution in [0.4, 0.5) is 5.69 Å². The van der Waals surface area contributed by atoms with Gasteiger partial charge in [0.25, 0.3) is 6.29 Å². The SMILES string of the molecule is CCOC(=O)C(OC)Oc1ccc(C=O)cc1[N+](=O)[O-]. The van der Waals surface area contributed by atoms with E-state index in [-0.39, 0.29) is 17.9 Å². The lowest BCUT2D eigenvalue weighted by atomic mass is 10.2. The lowest BCUT2D eigenvalue weighted by molar-refractivity contribution is -0.386. The maximum Gasteiger partial charge on any atom is 0.376 e. The summed E-state index contributed by atoms with van der Waals surface area (Å²) in [4.78, 5) is 32.3. The number of benzene rings is 1. The summed E-state index contributed by atoms with van der Waals surface area (Å²) in [5.74, 6) is -0.996. The summed E-state index contributed by atoms with van der Waals surface area (Å²) in [6.45, 7) is 1.72. The van der Waals surface area contributed by atoms with Gasteiger partial charge in [0, 0.05) is 18.7 Å². The lowest BCUT2D eigenvalue weighted by Crippen LogP contribution is -2.31. The zero-order valence-corrected chi connectivity index (χ0v) is 10.9. The number of aldehydes is 1. The number of ether oxygens (including phenoxy) is 3. The molecule has 0 saturated heterocycles. The number of rotatable bonds is 7. The predicted molar refractivity (Wildman–Crippen MR) is 66.5 cm³/mol. The van der Waals surface area contributed by atoms with Crippen LogP contribution in [0.1, 0.15) is 17.3 Å². The number of nitro groups is 1.